The molecule has 0 saturated carbocycles. The number of likely N-dealkylation sites (N-methyl/N-ethyl adjacent to an activating group) is 1. The zero-order valence-electron chi connectivity index (χ0n) is 9.31. The second kappa shape index (κ2) is 4.60. The lowest BCUT2D eigenvalue weighted by Crippen LogP contribution is -2.13. The van der Waals surface area contributed by atoms with Crippen LogP contribution in [0.25, 0.3) is 0 Å². The smallest absolute Gasteiger partial charge is 0.0972 e. The highest BCUT2D eigenvalue weighted by molar-refractivity contribution is 7.09. The molecule has 1 N–H and O–H groups in total. The van der Waals surface area contributed by atoms with Gasteiger partial charge in [-0.25, -0.2) is 4.98 Å². The van der Waals surface area contributed by atoms with Crippen LogP contribution in [-0.4, -0.2) is 41.2 Å². The minimum absolute atomic E-state index is 0.286. The molecule has 1 saturated heterocycles. The van der Waals surface area contributed by atoms with Gasteiger partial charge in [0.05, 0.1) is 16.8 Å². The maximum absolute atomic E-state index is 9.28. The first kappa shape index (κ1) is 11.0. The summed E-state index contributed by atoms with van der Waals surface area (Å²) in [6.45, 7) is 4.11. The molecule has 0 aromatic carbocycles. The van der Waals surface area contributed by atoms with Crippen LogP contribution in [0.3, 0.4) is 0 Å². The lowest BCUT2D eigenvalue weighted by molar-refractivity contribution is 0.194. The van der Waals surface area contributed by atoms with Gasteiger partial charge in [-0.15, -0.1) is 11.3 Å². The summed E-state index contributed by atoms with van der Waals surface area (Å²) in [6, 6.07) is 0. The molecule has 2 rings (SSSR count). The fourth-order valence-corrected chi connectivity index (χ4v) is 3.00. The first-order valence-corrected chi connectivity index (χ1v) is 6.34. The molecule has 0 amide bonds. The molecule has 4 heteroatoms. The largest absolute Gasteiger partial charge is 0.393 e. The standard InChI is InChI=1S/C11H18N2OS/c1-8(14)5-10-7-15-11(12-10)9-3-4-13(2)6-9/h7-9,14H,3-6H2,1-2H3. The number of aromatic nitrogens is 1. The van der Waals surface area contributed by atoms with Crippen molar-refractivity contribution in [2.24, 2.45) is 0 Å². The van der Waals surface area contributed by atoms with Crippen LogP contribution in [0.1, 0.15) is 30.0 Å². The third-order valence-corrected chi connectivity index (χ3v) is 3.87. The van der Waals surface area contributed by atoms with Gasteiger partial charge < -0.3 is 10.0 Å². The van der Waals surface area contributed by atoms with E-state index in [9.17, 15) is 5.11 Å². The molecule has 2 unspecified atom stereocenters. The Bertz CT molecular complexity index is 324. The van der Waals surface area contributed by atoms with E-state index >= 15 is 0 Å². The Morgan fingerprint density at radius 3 is 3.13 bits per heavy atom. The summed E-state index contributed by atoms with van der Waals surface area (Å²) in [4.78, 5) is 6.95. The zero-order valence-corrected chi connectivity index (χ0v) is 10.1. The van der Waals surface area contributed by atoms with Crippen LogP contribution in [0.5, 0.6) is 0 Å². The molecule has 84 valence electrons. The Balaban J connectivity index is 2.00. The van der Waals surface area contributed by atoms with Gasteiger partial charge in [0, 0.05) is 24.3 Å². The molecular formula is C11H18N2OS. The third kappa shape index (κ3) is 2.77. The minimum atomic E-state index is -0.286. The predicted molar refractivity (Wildman–Crippen MR) is 62.4 cm³/mol. The fraction of sp³-hybridized carbons (Fsp3) is 0.727. The van der Waals surface area contributed by atoms with E-state index in [-0.39, 0.29) is 6.10 Å². The van der Waals surface area contributed by atoms with E-state index in [2.05, 4.69) is 22.3 Å². The Morgan fingerprint density at radius 1 is 1.73 bits per heavy atom. The zero-order chi connectivity index (χ0) is 10.8. The molecule has 0 aliphatic carbocycles. The van der Waals surface area contributed by atoms with Crippen molar-refractivity contribution in [3.63, 3.8) is 0 Å². The molecule has 15 heavy (non-hydrogen) atoms. The molecule has 0 spiro atoms. The topological polar surface area (TPSA) is 36.4 Å². The molecule has 2 heterocycles. The molecular weight excluding hydrogens is 208 g/mol. The van der Waals surface area contributed by atoms with Crippen molar-refractivity contribution in [1.29, 1.82) is 0 Å². The van der Waals surface area contributed by atoms with Crippen molar-refractivity contribution in [2.45, 2.75) is 31.8 Å². The molecule has 1 aliphatic heterocycles. The summed E-state index contributed by atoms with van der Waals surface area (Å²) in [5, 5.41) is 12.6. The summed E-state index contributed by atoms with van der Waals surface area (Å²) in [7, 11) is 2.16. The molecule has 1 aromatic heterocycles. The number of aliphatic hydroxyl groups is 1. The fourth-order valence-electron chi connectivity index (χ4n) is 2.04. The van der Waals surface area contributed by atoms with Gasteiger partial charge in [0.15, 0.2) is 0 Å². The van der Waals surface area contributed by atoms with Crippen molar-refractivity contribution in [3.8, 4) is 0 Å². The predicted octanol–water partition coefficient (Wildman–Crippen LogP) is 1.49. The van der Waals surface area contributed by atoms with Crippen LogP contribution < -0.4 is 0 Å². The first-order valence-electron chi connectivity index (χ1n) is 5.46. The molecule has 0 radical (unpaired) electrons. The number of hydrogen-bond acceptors (Lipinski definition) is 4. The van der Waals surface area contributed by atoms with Gasteiger partial charge in [0.25, 0.3) is 0 Å². The van der Waals surface area contributed by atoms with Crippen LogP contribution >= 0.6 is 11.3 Å². The Hall–Kier alpha value is -0.450. The number of rotatable bonds is 3. The van der Waals surface area contributed by atoms with E-state index in [1.54, 1.807) is 11.3 Å². The number of nitrogens with zero attached hydrogens (tertiary/aromatic N) is 2. The number of likely N-dealkylation sites (tertiary alicyclic amines) is 1. The maximum atomic E-state index is 9.28. The lowest BCUT2D eigenvalue weighted by Gasteiger charge is -2.06. The molecule has 2 atom stereocenters. The molecule has 0 bridgehead atoms. The molecule has 1 aliphatic rings. The van der Waals surface area contributed by atoms with Crippen LogP contribution in [0, 0.1) is 0 Å². The highest BCUT2D eigenvalue weighted by Crippen LogP contribution is 2.28. The minimum Gasteiger partial charge on any atom is -0.393 e. The van der Waals surface area contributed by atoms with Crippen LogP contribution in [0.2, 0.25) is 0 Å². The average molecular weight is 226 g/mol. The van der Waals surface area contributed by atoms with Crippen molar-refractivity contribution >= 4 is 11.3 Å². The van der Waals surface area contributed by atoms with Crippen molar-refractivity contribution in [3.05, 3.63) is 16.1 Å². The first-order chi connectivity index (χ1) is 7.15. The number of hydrogen-bond donors (Lipinski definition) is 1. The van der Waals surface area contributed by atoms with Crippen LogP contribution in [0.15, 0.2) is 5.38 Å². The quantitative estimate of drug-likeness (QED) is 0.848. The molecule has 1 aromatic rings. The van der Waals surface area contributed by atoms with Crippen LogP contribution in [-0.2, 0) is 6.42 Å². The SMILES string of the molecule is CC(O)Cc1csc(C2CCN(C)C2)n1. The highest BCUT2D eigenvalue weighted by atomic mass is 32.1. The Kier molecular flexibility index (Phi) is 3.38. The second-order valence-electron chi connectivity index (χ2n) is 4.48. The number of thiazole rings is 1. The third-order valence-electron chi connectivity index (χ3n) is 2.81. The van der Waals surface area contributed by atoms with Gasteiger partial charge in [0.2, 0.25) is 0 Å². The van der Waals surface area contributed by atoms with Gasteiger partial charge in [-0.1, -0.05) is 0 Å². The monoisotopic (exact) mass is 226 g/mol. The van der Waals surface area contributed by atoms with E-state index in [0.29, 0.717) is 12.3 Å². The van der Waals surface area contributed by atoms with E-state index in [4.69, 9.17) is 0 Å². The van der Waals surface area contributed by atoms with Crippen molar-refractivity contribution < 1.29 is 5.11 Å². The summed E-state index contributed by atoms with van der Waals surface area (Å²) in [5.41, 5.74) is 1.04. The van der Waals surface area contributed by atoms with Gasteiger partial charge >= 0.3 is 0 Å². The van der Waals surface area contributed by atoms with Gasteiger partial charge in [-0.2, -0.15) is 0 Å². The van der Waals surface area contributed by atoms with E-state index in [1.165, 1.54) is 18.0 Å². The van der Waals surface area contributed by atoms with Gasteiger partial charge in [0.1, 0.15) is 0 Å². The summed E-state index contributed by atoms with van der Waals surface area (Å²) in [6.07, 6.45) is 1.61. The summed E-state index contributed by atoms with van der Waals surface area (Å²) < 4.78 is 0. The summed E-state index contributed by atoms with van der Waals surface area (Å²) >= 11 is 1.74. The highest BCUT2D eigenvalue weighted by Gasteiger charge is 2.23. The van der Waals surface area contributed by atoms with Crippen molar-refractivity contribution in [2.75, 3.05) is 20.1 Å². The average Bonchev–Trinajstić information content (AvgIpc) is 2.72. The normalized spacial score (nSPS) is 24.6. The number of aliphatic hydroxyl groups excluding tert-OH is 1. The Labute approximate surface area is 94.8 Å². The van der Waals surface area contributed by atoms with E-state index in [1.807, 2.05) is 6.92 Å². The molecule has 1 fully saturated rings. The summed E-state index contributed by atoms with van der Waals surface area (Å²) in [5.74, 6) is 0.614. The van der Waals surface area contributed by atoms with Gasteiger partial charge in [-0.3, -0.25) is 0 Å². The Morgan fingerprint density at radius 2 is 2.53 bits per heavy atom. The van der Waals surface area contributed by atoms with E-state index < -0.39 is 0 Å². The van der Waals surface area contributed by atoms with Crippen LogP contribution in [0.4, 0.5) is 0 Å². The van der Waals surface area contributed by atoms with E-state index in [0.717, 1.165) is 12.2 Å². The lowest BCUT2D eigenvalue weighted by atomic mass is 10.1. The second-order valence-corrected chi connectivity index (χ2v) is 5.37. The van der Waals surface area contributed by atoms with Gasteiger partial charge in [-0.05, 0) is 26.9 Å². The maximum Gasteiger partial charge on any atom is 0.0972 e. The van der Waals surface area contributed by atoms with Crippen molar-refractivity contribution in [1.82, 2.24) is 9.88 Å². The molecule has 3 nitrogen and oxygen atoms in total.